The van der Waals surface area contributed by atoms with Gasteiger partial charge >= 0.3 is 5.97 Å². The molecule has 0 N–H and O–H groups in total. The maximum atomic E-state index is 13.6. The van der Waals surface area contributed by atoms with Crippen molar-refractivity contribution in [2.24, 2.45) is 0 Å². The second-order valence-electron chi connectivity index (χ2n) is 10.8. The van der Waals surface area contributed by atoms with Crippen LogP contribution in [0.4, 0.5) is 0 Å². The molecule has 0 bridgehead atoms. The van der Waals surface area contributed by atoms with Crippen LogP contribution in [0.1, 0.15) is 50.5 Å². The summed E-state index contributed by atoms with van der Waals surface area (Å²) in [6.07, 6.45) is 3.36. The highest BCUT2D eigenvalue weighted by atomic mass is 16.5. The molecule has 8 nitrogen and oxygen atoms in total. The summed E-state index contributed by atoms with van der Waals surface area (Å²) in [7, 11) is 3.10. The van der Waals surface area contributed by atoms with Gasteiger partial charge in [0.15, 0.2) is 17.3 Å². The van der Waals surface area contributed by atoms with Crippen LogP contribution >= 0.6 is 0 Å². The van der Waals surface area contributed by atoms with Crippen molar-refractivity contribution in [2.45, 2.75) is 25.2 Å². The number of fused-ring (bicyclic) bond motifs is 4. The third-order valence-corrected chi connectivity index (χ3v) is 8.20. The van der Waals surface area contributed by atoms with E-state index in [2.05, 4.69) is 12.1 Å². The highest BCUT2D eigenvalue weighted by molar-refractivity contribution is 6.15. The molecule has 8 heteroatoms. The van der Waals surface area contributed by atoms with Crippen LogP contribution < -0.4 is 28.4 Å². The fraction of sp³-hybridized carbons (Fsp3) is 0.222. The molecule has 0 aromatic heterocycles. The lowest BCUT2D eigenvalue weighted by Crippen LogP contribution is -2.22. The van der Waals surface area contributed by atoms with Gasteiger partial charge in [0.25, 0.3) is 0 Å². The van der Waals surface area contributed by atoms with Gasteiger partial charge in [-0.2, -0.15) is 0 Å². The first-order valence-electron chi connectivity index (χ1n) is 14.5. The summed E-state index contributed by atoms with van der Waals surface area (Å²) in [5, 5.41) is 0. The first kappa shape index (κ1) is 27.6. The van der Waals surface area contributed by atoms with Crippen LogP contribution in [0.2, 0.25) is 0 Å². The largest absolute Gasteiger partial charge is 0.493 e. The number of ether oxygens (including phenoxy) is 6. The molecule has 3 aliphatic rings. The van der Waals surface area contributed by atoms with E-state index in [9.17, 15) is 9.59 Å². The van der Waals surface area contributed by atoms with Gasteiger partial charge in [-0.05, 0) is 47.5 Å². The zero-order valence-electron chi connectivity index (χ0n) is 24.4. The maximum absolute atomic E-state index is 13.6. The first-order chi connectivity index (χ1) is 21.5. The number of esters is 1. The number of hydrogen-bond donors (Lipinski definition) is 0. The molecule has 222 valence electrons. The minimum atomic E-state index is -0.437. The van der Waals surface area contributed by atoms with Crippen molar-refractivity contribution >= 4 is 17.8 Å². The van der Waals surface area contributed by atoms with Crippen molar-refractivity contribution in [1.29, 1.82) is 0 Å². The number of Topliss-reactive ketones (excluding diaryl/α,β-unsaturated/α-hetero) is 1. The van der Waals surface area contributed by atoms with E-state index in [-0.39, 0.29) is 23.9 Å². The van der Waals surface area contributed by atoms with Gasteiger partial charge < -0.3 is 28.4 Å². The molecule has 1 atom stereocenters. The van der Waals surface area contributed by atoms with Crippen LogP contribution in [0.3, 0.4) is 0 Å². The first-order valence-corrected chi connectivity index (χ1v) is 14.5. The summed E-state index contributed by atoms with van der Waals surface area (Å²) in [5.41, 5.74) is 4.90. The lowest BCUT2D eigenvalue weighted by Gasteiger charge is -2.27. The SMILES string of the molecule is COc1cccc(/C=C2\Oc3c(ccc4c3[C@H](c3ccccc3OCCc3ccc5c(c3)CCO5)CC(=O)O4)C2=O)c1OC. The fourth-order valence-electron chi connectivity index (χ4n) is 6.11. The van der Waals surface area contributed by atoms with Gasteiger partial charge in [0.05, 0.1) is 39.4 Å². The van der Waals surface area contributed by atoms with Crippen molar-refractivity contribution in [1.82, 2.24) is 0 Å². The van der Waals surface area contributed by atoms with Crippen LogP contribution in [0.15, 0.2) is 78.6 Å². The van der Waals surface area contributed by atoms with Gasteiger partial charge in [-0.3, -0.25) is 9.59 Å². The third-order valence-electron chi connectivity index (χ3n) is 8.20. The molecular weight excluding hydrogens is 560 g/mol. The molecule has 7 rings (SSSR count). The van der Waals surface area contributed by atoms with E-state index in [1.807, 2.05) is 42.5 Å². The van der Waals surface area contributed by atoms with Gasteiger partial charge in [0.2, 0.25) is 5.78 Å². The number of ketones is 1. The van der Waals surface area contributed by atoms with E-state index in [1.54, 1.807) is 38.5 Å². The summed E-state index contributed by atoms with van der Waals surface area (Å²) >= 11 is 0. The van der Waals surface area contributed by atoms with Crippen molar-refractivity contribution in [2.75, 3.05) is 27.4 Å². The zero-order valence-corrected chi connectivity index (χ0v) is 24.4. The molecule has 0 unspecified atom stereocenters. The lowest BCUT2D eigenvalue weighted by atomic mass is 9.84. The summed E-state index contributed by atoms with van der Waals surface area (Å²) in [6.45, 7) is 1.18. The van der Waals surface area contributed by atoms with E-state index < -0.39 is 5.92 Å². The van der Waals surface area contributed by atoms with Crippen molar-refractivity contribution in [3.8, 4) is 34.5 Å². The van der Waals surface area contributed by atoms with Gasteiger partial charge in [-0.25, -0.2) is 0 Å². The molecule has 0 fully saturated rings. The zero-order chi connectivity index (χ0) is 30.2. The number of rotatable bonds is 8. The topological polar surface area (TPSA) is 89.5 Å². The lowest BCUT2D eigenvalue weighted by molar-refractivity contribution is -0.135. The average Bonchev–Trinajstić information content (AvgIpc) is 3.64. The Labute approximate surface area is 254 Å². The van der Waals surface area contributed by atoms with E-state index >= 15 is 0 Å². The number of benzene rings is 4. The number of para-hydroxylation sites is 2. The number of allylic oxidation sites excluding steroid dienone is 1. The molecule has 4 aromatic carbocycles. The van der Waals surface area contributed by atoms with E-state index in [0.717, 1.165) is 30.8 Å². The highest BCUT2D eigenvalue weighted by Gasteiger charge is 2.39. The molecule has 0 aliphatic carbocycles. The number of carbonyl (C=O) groups is 2. The van der Waals surface area contributed by atoms with Gasteiger partial charge in [-0.15, -0.1) is 0 Å². The molecule has 3 heterocycles. The summed E-state index contributed by atoms with van der Waals surface area (Å²) in [4.78, 5) is 26.4. The molecule has 3 aliphatic heterocycles. The maximum Gasteiger partial charge on any atom is 0.312 e. The van der Waals surface area contributed by atoms with Crippen molar-refractivity contribution in [3.05, 3.63) is 112 Å². The molecule has 0 radical (unpaired) electrons. The third kappa shape index (κ3) is 4.92. The fourth-order valence-corrected chi connectivity index (χ4v) is 6.11. The minimum absolute atomic E-state index is 0.0783. The highest BCUT2D eigenvalue weighted by Crippen LogP contribution is 2.50. The molecule has 0 amide bonds. The predicted molar refractivity (Wildman–Crippen MR) is 162 cm³/mol. The number of methoxy groups -OCH3 is 2. The molecule has 0 saturated carbocycles. The number of hydrogen-bond acceptors (Lipinski definition) is 8. The van der Waals surface area contributed by atoms with Crippen LogP contribution in [-0.2, 0) is 17.6 Å². The summed E-state index contributed by atoms with van der Waals surface area (Å²) in [5.74, 6) is 2.47. The number of carbonyl (C=O) groups excluding carboxylic acids is 2. The Bertz CT molecular complexity index is 1820. The van der Waals surface area contributed by atoms with Crippen LogP contribution in [0.25, 0.3) is 6.08 Å². The molecule has 4 aromatic rings. The van der Waals surface area contributed by atoms with E-state index in [0.29, 0.717) is 52.0 Å². The second kappa shape index (κ2) is 11.4. The van der Waals surface area contributed by atoms with Crippen LogP contribution in [0.5, 0.6) is 34.5 Å². The minimum Gasteiger partial charge on any atom is -0.493 e. The van der Waals surface area contributed by atoms with Crippen molar-refractivity contribution < 1.29 is 38.0 Å². The van der Waals surface area contributed by atoms with Gasteiger partial charge in [-0.1, -0.05) is 42.5 Å². The second-order valence-corrected chi connectivity index (χ2v) is 10.8. The Kier molecular flexibility index (Phi) is 7.18. The Morgan fingerprint density at radius 3 is 2.59 bits per heavy atom. The van der Waals surface area contributed by atoms with E-state index in [1.165, 1.54) is 11.1 Å². The van der Waals surface area contributed by atoms with Gasteiger partial charge in [0.1, 0.15) is 23.0 Å². The molecule has 0 saturated heterocycles. The normalized spacial score (nSPS) is 17.2. The Morgan fingerprint density at radius 1 is 0.886 bits per heavy atom. The Morgan fingerprint density at radius 2 is 1.73 bits per heavy atom. The smallest absolute Gasteiger partial charge is 0.312 e. The van der Waals surface area contributed by atoms with Crippen LogP contribution in [-0.4, -0.2) is 39.2 Å². The standard InChI is InChI=1S/C36H30O8/c1-39-30-9-5-6-23(35(30)40-2)19-31-34(38)25-11-13-29-33(36(25)44-31)26(20-32(37)43-29)24-7-3-4-8-28(24)42-16-14-21-10-12-27-22(18-21)15-17-41-27/h3-13,18-19,26H,14-17,20H2,1-2H3/b31-19-/t26-/m0/s1. The average molecular weight is 591 g/mol. The Hall–Kier alpha value is -5.24. The molecule has 44 heavy (non-hydrogen) atoms. The quantitative estimate of drug-likeness (QED) is 0.134. The monoisotopic (exact) mass is 590 g/mol. The summed E-state index contributed by atoms with van der Waals surface area (Å²) < 4.78 is 34.8. The van der Waals surface area contributed by atoms with Crippen LogP contribution in [0, 0.1) is 0 Å². The Balaban J connectivity index is 1.20. The molecular formula is C36H30O8. The van der Waals surface area contributed by atoms with Gasteiger partial charge in [0, 0.05) is 35.4 Å². The van der Waals surface area contributed by atoms with E-state index in [4.69, 9.17) is 28.4 Å². The molecule has 0 spiro atoms. The van der Waals surface area contributed by atoms with Crippen molar-refractivity contribution in [3.63, 3.8) is 0 Å². The summed E-state index contributed by atoms with van der Waals surface area (Å²) in [6, 6.07) is 22.6. The predicted octanol–water partition coefficient (Wildman–Crippen LogP) is 6.32.